The van der Waals surface area contributed by atoms with E-state index in [1.54, 1.807) is 14.2 Å². The number of rotatable bonds is 9. The van der Waals surface area contributed by atoms with Crippen LogP contribution < -0.4 is 9.47 Å². The Hall–Kier alpha value is -3.56. The van der Waals surface area contributed by atoms with Crippen molar-refractivity contribution in [1.82, 2.24) is 0 Å². The third kappa shape index (κ3) is 5.00. The highest BCUT2D eigenvalue weighted by Gasteiger charge is 2.16. The Bertz CT molecular complexity index is 1260. The first-order valence-corrected chi connectivity index (χ1v) is 11.7. The average Bonchev–Trinajstić information content (AvgIpc) is 2.87. The summed E-state index contributed by atoms with van der Waals surface area (Å²) < 4.78 is 17.0. The van der Waals surface area contributed by atoms with Crippen LogP contribution in [0.3, 0.4) is 0 Å². The summed E-state index contributed by atoms with van der Waals surface area (Å²) in [6.07, 6.45) is 1.78. The lowest BCUT2D eigenvalue weighted by atomic mass is 9.91. The number of methoxy groups -OCH3 is 2. The third-order valence-electron chi connectivity index (χ3n) is 6.36. The topological polar surface area (TPSA) is 27.7 Å². The number of aryl methyl sites for hydroxylation is 3. The lowest BCUT2D eigenvalue weighted by Gasteiger charge is -2.18. The molecule has 0 saturated heterocycles. The summed E-state index contributed by atoms with van der Waals surface area (Å²) in [7, 11) is 3.34. The molecule has 3 nitrogen and oxygen atoms in total. The molecule has 0 heterocycles. The lowest BCUT2D eigenvalue weighted by molar-refractivity contribution is 0.0508. The molecule has 0 aliphatic rings. The molecule has 0 radical (unpaired) electrons. The third-order valence-corrected chi connectivity index (χ3v) is 6.36. The van der Waals surface area contributed by atoms with E-state index in [1.165, 1.54) is 27.8 Å². The molecule has 0 unspecified atom stereocenters. The number of benzene rings is 4. The molecule has 0 amide bonds. The van der Waals surface area contributed by atoms with Crippen LogP contribution in [-0.4, -0.2) is 21.0 Å². The molecule has 174 valence electrons. The maximum Gasteiger partial charge on any atom is 0.188 e. The molecule has 0 bridgehead atoms. The van der Waals surface area contributed by atoms with Gasteiger partial charge in [0.05, 0.1) is 7.11 Å². The van der Waals surface area contributed by atoms with Gasteiger partial charge in [-0.1, -0.05) is 78.9 Å². The quantitative estimate of drug-likeness (QED) is 0.247. The molecule has 0 spiro atoms. The van der Waals surface area contributed by atoms with Crippen LogP contribution in [0.1, 0.15) is 22.3 Å². The highest BCUT2D eigenvalue weighted by molar-refractivity contribution is 5.77. The van der Waals surface area contributed by atoms with Crippen molar-refractivity contribution in [1.29, 1.82) is 0 Å². The normalized spacial score (nSPS) is 10.8. The second-order valence-corrected chi connectivity index (χ2v) is 8.45. The van der Waals surface area contributed by atoms with Gasteiger partial charge in [-0.15, -0.1) is 0 Å². The Morgan fingerprint density at radius 3 is 1.94 bits per heavy atom. The van der Waals surface area contributed by atoms with Gasteiger partial charge in [-0.05, 0) is 66.1 Å². The van der Waals surface area contributed by atoms with Gasteiger partial charge >= 0.3 is 0 Å². The lowest BCUT2D eigenvalue weighted by Crippen LogP contribution is -2.05. The predicted octanol–water partition coefficient (Wildman–Crippen LogP) is 7.41. The molecule has 0 aromatic heterocycles. The fraction of sp³-hybridized carbons (Fsp3) is 0.226. The van der Waals surface area contributed by atoms with Gasteiger partial charge in [-0.3, -0.25) is 0 Å². The van der Waals surface area contributed by atoms with Crippen LogP contribution in [0.15, 0.2) is 84.9 Å². The minimum Gasteiger partial charge on any atom is -0.496 e. The van der Waals surface area contributed by atoms with Crippen LogP contribution in [-0.2, 0) is 17.6 Å². The van der Waals surface area contributed by atoms with Crippen molar-refractivity contribution in [3.8, 4) is 33.8 Å². The van der Waals surface area contributed by atoms with E-state index in [4.69, 9.17) is 14.2 Å². The van der Waals surface area contributed by atoms with Crippen molar-refractivity contribution < 1.29 is 14.2 Å². The monoisotopic (exact) mass is 452 g/mol. The largest absolute Gasteiger partial charge is 0.496 e. The highest BCUT2D eigenvalue weighted by Crippen LogP contribution is 2.39. The fourth-order valence-electron chi connectivity index (χ4n) is 4.54. The molecule has 0 saturated carbocycles. The molecule has 3 heteroatoms. The molecule has 4 aromatic rings. The highest BCUT2D eigenvalue weighted by atomic mass is 16.7. The van der Waals surface area contributed by atoms with Crippen molar-refractivity contribution in [2.24, 2.45) is 0 Å². The minimum absolute atomic E-state index is 0.195. The summed E-state index contributed by atoms with van der Waals surface area (Å²) in [5.41, 5.74) is 9.74. The SMILES string of the molecule is COCOc1c(CCc2cccc(-c3ccccc3C)c2C)cccc1-c1ccccc1OC. The average molecular weight is 453 g/mol. The molecule has 4 rings (SSSR count). The molecule has 34 heavy (non-hydrogen) atoms. The first-order chi connectivity index (χ1) is 16.6. The predicted molar refractivity (Wildman–Crippen MR) is 140 cm³/mol. The zero-order chi connectivity index (χ0) is 23.9. The molecule has 0 N–H and O–H groups in total. The van der Waals surface area contributed by atoms with Crippen LogP contribution >= 0.6 is 0 Å². The molecule has 4 aromatic carbocycles. The number of para-hydroxylation sites is 2. The first-order valence-electron chi connectivity index (χ1n) is 11.7. The second-order valence-electron chi connectivity index (χ2n) is 8.45. The van der Waals surface area contributed by atoms with Gasteiger partial charge in [0.15, 0.2) is 6.79 Å². The summed E-state index contributed by atoms with van der Waals surface area (Å²) in [6, 6.07) is 29.5. The van der Waals surface area contributed by atoms with Crippen LogP contribution in [0.4, 0.5) is 0 Å². The Labute approximate surface area is 202 Å². The van der Waals surface area contributed by atoms with Crippen molar-refractivity contribution >= 4 is 0 Å². The van der Waals surface area contributed by atoms with Crippen molar-refractivity contribution in [3.63, 3.8) is 0 Å². The van der Waals surface area contributed by atoms with E-state index in [9.17, 15) is 0 Å². The van der Waals surface area contributed by atoms with Gasteiger partial charge in [-0.25, -0.2) is 0 Å². The van der Waals surface area contributed by atoms with E-state index in [-0.39, 0.29) is 6.79 Å². The number of hydrogen-bond donors (Lipinski definition) is 0. The number of hydrogen-bond acceptors (Lipinski definition) is 3. The van der Waals surface area contributed by atoms with E-state index < -0.39 is 0 Å². The fourth-order valence-corrected chi connectivity index (χ4v) is 4.54. The van der Waals surface area contributed by atoms with Crippen LogP contribution in [0, 0.1) is 13.8 Å². The number of ether oxygens (including phenoxy) is 3. The molecular formula is C31H32O3. The summed E-state index contributed by atoms with van der Waals surface area (Å²) in [4.78, 5) is 0. The molecule has 0 aliphatic carbocycles. The molecular weight excluding hydrogens is 420 g/mol. The van der Waals surface area contributed by atoms with Crippen LogP contribution in [0.2, 0.25) is 0 Å². The molecule has 0 atom stereocenters. The van der Waals surface area contributed by atoms with Gasteiger partial charge in [-0.2, -0.15) is 0 Å². The van der Waals surface area contributed by atoms with E-state index in [0.717, 1.165) is 41.0 Å². The smallest absolute Gasteiger partial charge is 0.188 e. The van der Waals surface area contributed by atoms with E-state index >= 15 is 0 Å². The van der Waals surface area contributed by atoms with Crippen molar-refractivity contribution in [2.45, 2.75) is 26.7 Å². The van der Waals surface area contributed by atoms with E-state index in [2.05, 4.69) is 80.6 Å². The summed E-state index contributed by atoms with van der Waals surface area (Å²) in [5.74, 6) is 1.67. The standard InChI is InChI=1S/C31H32O3/c1-22-11-5-6-14-26(22)27-16-9-12-24(23(27)2)19-20-25-13-10-17-29(31(25)34-21-32-3)28-15-7-8-18-30(28)33-4/h5-18H,19-21H2,1-4H3. The Morgan fingerprint density at radius 1 is 0.588 bits per heavy atom. The summed E-state index contributed by atoms with van der Waals surface area (Å²) in [5, 5.41) is 0. The first kappa shape index (κ1) is 23.6. The second kappa shape index (κ2) is 11.0. The molecule has 0 fully saturated rings. The Balaban J connectivity index is 1.68. The van der Waals surface area contributed by atoms with Crippen molar-refractivity contribution in [2.75, 3.05) is 21.0 Å². The van der Waals surface area contributed by atoms with Crippen LogP contribution in [0.5, 0.6) is 11.5 Å². The Kier molecular flexibility index (Phi) is 7.66. The van der Waals surface area contributed by atoms with Gasteiger partial charge in [0.25, 0.3) is 0 Å². The zero-order valence-electron chi connectivity index (χ0n) is 20.4. The van der Waals surface area contributed by atoms with E-state index in [1.807, 2.05) is 18.2 Å². The maximum absolute atomic E-state index is 6.12. The van der Waals surface area contributed by atoms with Gasteiger partial charge < -0.3 is 14.2 Å². The van der Waals surface area contributed by atoms with Crippen molar-refractivity contribution in [3.05, 3.63) is 107 Å². The zero-order valence-corrected chi connectivity index (χ0v) is 20.4. The molecule has 0 aliphatic heterocycles. The maximum atomic E-state index is 6.12. The van der Waals surface area contributed by atoms with Crippen LogP contribution in [0.25, 0.3) is 22.3 Å². The summed E-state index contributed by atoms with van der Waals surface area (Å²) >= 11 is 0. The van der Waals surface area contributed by atoms with Gasteiger partial charge in [0.1, 0.15) is 11.5 Å². The van der Waals surface area contributed by atoms with Gasteiger partial charge in [0.2, 0.25) is 0 Å². The minimum atomic E-state index is 0.195. The summed E-state index contributed by atoms with van der Waals surface area (Å²) in [6.45, 7) is 4.59. The van der Waals surface area contributed by atoms with E-state index in [0.29, 0.717) is 0 Å². The Morgan fingerprint density at radius 2 is 1.21 bits per heavy atom. The van der Waals surface area contributed by atoms with Gasteiger partial charge in [0, 0.05) is 18.2 Å².